The number of hydrogen-bond acceptors (Lipinski definition) is 3. The number of rotatable bonds is 5. The van der Waals surface area contributed by atoms with Crippen LogP contribution in [0.5, 0.6) is 5.75 Å². The number of aromatic nitrogens is 1. The van der Waals surface area contributed by atoms with Crippen LogP contribution in [0.15, 0.2) is 36.5 Å². The van der Waals surface area contributed by atoms with Gasteiger partial charge in [0.2, 0.25) is 0 Å². The fraction of sp³-hybridized carbons (Fsp3) is 0.250. The van der Waals surface area contributed by atoms with Crippen LogP contribution in [0.4, 0.5) is 0 Å². The van der Waals surface area contributed by atoms with Gasteiger partial charge >= 0.3 is 0 Å². The first kappa shape index (κ1) is 15.3. The highest BCUT2D eigenvalue weighted by Crippen LogP contribution is 2.26. The summed E-state index contributed by atoms with van der Waals surface area (Å²) in [4.78, 5) is 15.9. The lowest BCUT2D eigenvalue weighted by molar-refractivity contribution is 0.0949. The molecule has 0 saturated carbocycles. The molecule has 0 aliphatic heterocycles. The van der Waals surface area contributed by atoms with Crippen molar-refractivity contribution in [2.45, 2.75) is 13.3 Å². The van der Waals surface area contributed by atoms with Crippen LogP contribution >= 0.6 is 11.6 Å². The number of nitrogens with zero attached hydrogens (tertiary/aromatic N) is 1. The minimum absolute atomic E-state index is 0.187. The Kier molecular flexibility index (Phi) is 5.17. The summed E-state index contributed by atoms with van der Waals surface area (Å²) in [7, 11) is 1.62. The van der Waals surface area contributed by atoms with E-state index < -0.39 is 0 Å². The number of ether oxygens (including phenoxy) is 1. The van der Waals surface area contributed by atoms with Gasteiger partial charge < -0.3 is 10.1 Å². The summed E-state index contributed by atoms with van der Waals surface area (Å²) in [6.07, 6.45) is 2.24. The third-order valence-corrected chi connectivity index (χ3v) is 3.55. The number of carbonyl (C=O) groups excluding carboxylic acids is 1. The van der Waals surface area contributed by atoms with Gasteiger partial charge in [-0.1, -0.05) is 17.7 Å². The fourth-order valence-corrected chi connectivity index (χ4v) is 2.17. The Bertz CT molecular complexity index is 630. The zero-order chi connectivity index (χ0) is 15.2. The second-order valence-corrected chi connectivity index (χ2v) is 5.04. The maximum absolute atomic E-state index is 11.9. The van der Waals surface area contributed by atoms with Gasteiger partial charge in [0.05, 0.1) is 7.11 Å². The summed E-state index contributed by atoms with van der Waals surface area (Å²) in [6.45, 7) is 2.42. The Labute approximate surface area is 129 Å². The molecular weight excluding hydrogens is 288 g/mol. The van der Waals surface area contributed by atoms with Gasteiger partial charge in [0.25, 0.3) is 5.91 Å². The highest BCUT2D eigenvalue weighted by Gasteiger charge is 2.09. The van der Waals surface area contributed by atoms with Gasteiger partial charge in [0, 0.05) is 17.8 Å². The molecule has 0 unspecified atom stereocenters. The molecule has 0 spiro atoms. The third-order valence-electron chi connectivity index (χ3n) is 3.14. The van der Waals surface area contributed by atoms with Gasteiger partial charge in [-0.2, -0.15) is 0 Å². The number of pyridine rings is 1. The van der Waals surface area contributed by atoms with E-state index in [-0.39, 0.29) is 5.91 Å². The summed E-state index contributed by atoms with van der Waals surface area (Å²) >= 11 is 6.13. The Morgan fingerprint density at radius 3 is 2.86 bits per heavy atom. The molecule has 1 heterocycles. The lowest BCUT2D eigenvalue weighted by atomic mass is 10.1. The molecule has 0 bridgehead atoms. The van der Waals surface area contributed by atoms with Gasteiger partial charge in [0.1, 0.15) is 11.4 Å². The SMILES string of the molecule is COc1cc(C)c(Cl)cc1CCNC(=O)c1ccccn1. The monoisotopic (exact) mass is 304 g/mol. The zero-order valence-corrected chi connectivity index (χ0v) is 12.8. The molecule has 0 radical (unpaired) electrons. The van der Waals surface area contributed by atoms with E-state index in [4.69, 9.17) is 16.3 Å². The van der Waals surface area contributed by atoms with Crippen molar-refractivity contribution >= 4 is 17.5 Å². The van der Waals surface area contributed by atoms with Crippen molar-refractivity contribution in [3.63, 3.8) is 0 Å². The van der Waals surface area contributed by atoms with Gasteiger partial charge in [-0.25, -0.2) is 0 Å². The normalized spacial score (nSPS) is 10.2. The predicted molar refractivity (Wildman–Crippen MR) is 83.0 cm³/mol. The van der Waals surface area contributed by atoms with E-state index in [0.717, 1.165) is 16.9 Å². The lowest BCUT2D eigenvalue weighted by Gasteiger charge is -2.11. The van der Waals surface area contributed by atoms with Gasteiger partial charge in [-0.05, 0) is 48.7 Å². The molecule has 0 fully saturated rings. The van der Waals surface area contributed by atoms with Crippen LogP contribution in [0.2, 0.25) is 5.02 Å². The smallest absolute Gasteiger partial charge is 0.269 e. The maximum atomic E-state index is 11.9. The quantitative estimate of drug-likeness (QED) is 0.924. The molecule has 1 amide bonds. The Balaban J connectivity index is 1.98. The number of aryl methyl sites for hydroxylation is 1. The average Bonchev–Trinajstić information content (AvgIpc) is 2.51. The van der Waals surface area contributed by atoms with Crippen molar-refractivity contribution in [1.82, 2.24) is 10.3 Å². The van der Waals surface area contributed by atoms with E-state index in [1.807, 2.05) is 19.1 Å². The molecule has 1 N–H and O–H groups in total. The second-order valence-electron chi connectivity index (χ2n) is 4.63. The van der Waals surface area contributed by atoms with Crippen molar-refractivity contribution in [3.8, 4) is 5.75 Å². The van der Waals surface area contributed by atoms with Crippen molar-refractivity contribution in [2.24, 2.45) is 0 Å². The first-order valence-corrected chi connectivity index (χ1v) is 7.02. The van der Waals surface area contributed by atoms with E-state index in [9.17, 15) is 4.79 Å². The standard InChI is InChI=1S/C16H17ClN2O2/c1-11-9-15(21-2)12(10-13(11)17)6-8-19-16(20)14-5-3-4-7-18-14/h3-5,7,9-10H,6,8H2,1-2H3,(H,19,20). The number of benzene rings is 1. The number of nitrogens with one attached hydrogen (secondary N) is 1. The van der Waals surface area contributed by atoms with Crippen molar-refractivity contribution in [1.29, 1.82) is 0 Å². The van der Waals surface area contributed by atoms with Crippen LogP contribution in [0, 0.1) is 6.92 Å². The van der Waals surface area contributed by atoms with E-state index in [2.05, 4.69) is 10.3 Å². The summed E-state index contributed by atoms with van der Waals surface area (Å²) in [5, 5.41) is 3.53. The molecule has 0 atom stereocenters. The molecule has 110 valence electrons. The first-order valence-electron chi connectivity index (χ1n) is 6.64. The van der Waals surface area contributed by atoms with Crippen molar-refractivity contribution in [3.05, 3.63) is 58.4 Å². The van der Waals surface area contributed by atoms with Gasteiger partial charge in [0.15, 0.2) is 0 Å². The van der Waals surface area contributed by atoms with Crippen LogP contribution in [0.1, 0.15) is 21.6 Å². The lowest BCUT2D eigenvalue weighted by Crippen LogP contribution is -2.26. The molecule has 1 aromatic heterocycles. The Morgan fingerprint density at radius 2 is 2.19 bits per heavy atom. The van der Waals surface area contributed by atoms with Crippen LogP contribution in [-0.2, 0) is 6.42 Å². The molecule has 4 nitrogen and oxygen atoms in total. The van der Waals surface area contributed by atoms with Crippen LogP contribution < -0.4 is 10.1 Å². The predicted octanol–water partition coefficient (Wildman–Crippen LogP) is 3.02. The summed E-state index contributed by atoms with van der Waals surface area (Å²) in [5.41, 5.74) is 2.34. The molecule has 5 heteroatoms. The van der Waals surface area contributed by atoms with Crippen molar-refractivity contribution < 1.29 is 9.53 Å². The van der Waals surface area contributed by atoms with Crippen LogP contribution in [0.3, 0.4) is 0 Å². The molecule has 21 heavy (non-hydrogen) atoms. The average molecular weight is 305 g/mol. The maximum Gasteiger partial charge on any atom is 0.269 e. The molecule has 0 aliphatic carbocycles. The van der Waals surface area contributed by atoms with E-state index >= 15 is 0 Å². The van der Waals surface area contributed by atoms with Crippen LogP contribution in [-0.4, -0.2) is 24.5 Å². The molecule has 2 rings (SSSR count). The number of methoxy groups -OCH3 is 1. The molecule has 2 aromatic rings. The summed E-state index contributed by atoms with van der Waals surface area (Å²) in [6, 6.07) is 9.01. The third kappa shape index (κ3) is 3.95. The Morgan fingerprint density at radius 1 is 1.38 bits per heavy atom. The topological polar surface area (TPSA) is 51.2 Å². The highest BCUT2D eigenvalue weighted by molar-refractivity contribution is 6.31. The van der Waals surface area contributed by atoms with Crippen LogP contribution in [0.25, 0.3) is 0 Å². The van der Waals surface area contributed by atoms with Crippen molar-refractivity contribution in [2.75, 3.05) is 13.7 Å². The number of halogens is 1. The highest BCUT2D eigenvalue weighted by atomic mass is 35.5. The largest absolute Gasteiger partial charge is 0.496 e. The number of amides is 1. The zero-order valence-electron chi connectivity index (χ0n) is 12.0. The molecular formula is C16H17ClN2O2. The number of carbonyl (C=O) groups is 1. The second kappa shape index (κ2) is 7.09. The fourth-order valence-electron chi connectivity index (χ4n) is 1.98. The number of hydrogen-bond donors (Lipinski definition) is 1. The van der Waals surface area contributed by atoms with E-state index in [0.29, 0.717) is 23.7 Å². The molecule has 1 aromatic carbocycles. The Hall–Kier alpha value is -2.07. The summed E-state index contributed by atoms with van der Waals surface area (Å²) < 4.78 is 5.34. The molecule has 0 aliphatic rings. The van der Waals surface area contributed by atoms with Gasteiger partial charge in [-0.15, -0.1) is 0 Å². The minimum Gasteiger partial charge on any atom is -0.496 e. The first-order chi connectivity index (χ1) is 10.1. The van der Waals surface area contributed by atoms with Gasteiger partial charge in [-0.3, -0.25) is 9.78 Å². The molecule has 0 saturated heterocycles. The van der Waals surface area contributed by atoms with E-state index in [1.165, 1.54) is 0 Å². The van der Waals surface area contributed by atoms with E-state index in [1.54, 1.807) is 31.5 Å². The minimum atomic E-state index is -0.187. The summed E-state index contributed by atoms with van der Waals surface area (Å²) in [5.74, 6) is 0.594.